The van der Waals surface area contributed by atoms with Gasteiger partial charge in [-0.05, 0) is 34.1 Å². The lowest BCUT2D eigenvalue weighted by molar-refractivity contribution is 0.581. The van der Waals surface area contributed by atoms with Crippen LogP contribution in [0.15, 0.2) is 38.2 Å². The number of hydrogen-bond donors (Lipinski definition) is 2. The Labute approximate surface area is 133 Å². The van der Waals surface area contributed by atoms with Gasteiger partial charge >= 0.3 is 0 Å². The molecule has 0 unspecified atom stereocenters. The van der Waals surface area contributed by atoms with Crippen LogP contribution in [0.25, 0.3) is 0 Å². The van der Waals surface area contributed by atoms with Gasteiger partial charge in [-0.3, -0.25) is 4.68 Å². The molecular weight excluding hydrogens is 412 g/mol. The normalized spacial score (nSPS) is 11.8. The Morgan fingerprint density at radius 1 is 1.40 bits per heavy atom. The van der Waals surface area contributed by atoms with Gasteiger partial charge < -0.3 is 5.73 Å². The van der Waals surface area contributed by atoms with Crippen molar-refractivity contribution in [3.63, 3.8) is 0 Å². The molecule has 0 saturated carbocycles. The van der Waals surface area contributed by atoms with Gasteiger partial charge in [0.15, 0.2) is 0 Å². The van der Waals surface area contributed by atoms with E-state index in [9.17, 15) is 8.42 Å². The Morgan fingerprint density at radius 3 is 2.70 bits per heavy atom. The highest BCUT2D eigenvalue weighted by Crippen LogP contribution is 2.25. The predicted octanol–water partition coefficient (Wildman–Crippen LogP) is 2.01. The van der Waals surface area contributed by atoms with Crippen molar-refractivity contribution in [1.29, 1.82) is 0 Å². The summed E-state index contributed by atoms with van der Waals surface area (Å²) in [7, 11) is -1.95. The van der Waals surface area contributed by atoms with Crippen molar-refractivity contribution in [1.82, 2.24) is 14.5 Å². The van der Waals surface area contributed by atoms with Crippen molar-refractivity contribution in [2.24, 2.45) is 7.05 Å². The first-order valence-electron chi connectivity index (χ1n) is 5.52. The number of anilines is 1. The Hall–Kier alpha value is -0.900. The molecule has 20 heavy (non-hydrogen) atoms. The van der Waals surface area contributed by atoms with Gasteiger partial charge in [0.2, 0.25) is 10.0 Å². The van der Waals surface area contributed by atoms with Crippen LogP contribution >= 0.6 is 31.9 Å². The van der Waals surface area contributed by atoms with Crippen LogP contribution in [-0.4, -0.2) is 18.2 Å². The summed E-state index contributed by atoms with van der Waals surface area (Å²) in [6.07, 6.45) is 1.54. The Bertz CT molecular complexity index is 743. The first-order chi connectivity index (χ1) is 9.31. The standard InChI is InChI=1S/C11H12Br2N4O2S/c1-17-11(14)7(5-15-17)6-16-20(18,19)10-4-8(12)2-3-9(10)13/h2-5,16H,6,14H2,1H3. The molecule has 0 aliphatic rings. The van der Waals surface area contributed by atoms with Gasteiger partial charge in [-0.25, -0.2) is 13.1 Å². The monoisotopic (exact) mass is 422 g/mol. The third kappa shape index (κ3) is 3.22. The molecule has 1 aromatic heterocycles. The van der Waals surface area contributed by atoms with Crippen LogP contribution in [0, 0.1) is 0 Å². The van der Waals surface area contributed by atoms with Gasteiger partial charge in [-0.15, -0.1) is 0 Å². The van der Waals surface area contributed by atoms with Crippen molar-refractivity contribution in [3.8, 4) is 0 Å². The van der Waals surface area contributed by atoms with Crippen LogP contribution in [0.3, 0.4) is 0 Å². The summed E-state index contributed by atoms with van der Waals surface area (Å²) in [5, 5.41) is 3.96. The molecule has 1 heterocycles. The Morgan fingerprint density at radius 2 is 2.10 bits per heavy atom. The highest BCUT2D eigenvalue weighted by molar-refractivity contribution is 9.11. The summed E-state index contributed by atoms with van der Waals surface area (Å²) >= 11 is 6.48. The maximum absolute atomic E-state index is 12.3. The molecule has 0 atom stereocenters. The maximum Gasteiger partial charge on any atom is 0.242 e. The number of sulfonamides is 1. The minimum absolute atomic E-state index is 0.0843. The van der Waals surface area contributed by atoms with Crippen LogP contribution in [0.4, 0.5) is 5.82 Å². The summed E-state index contributed by atoms with van der Waals surface area (Å²) in [5.41, 5.74) is 6.40. The zero-order valence-corrected chi connectivity index (χ0v) is 14.5. The second-order valence-corrected chi connectivity index (χ2v) is 7.58. The van der Waals surface area contributed by atoms with Crippen LogP contribution in [0.2, 0.25) is 0 Å². The fourth-order valence-corrected chi connectivity index (χ4v) is 4.07. The SMILES string of the molecule is Cn1ncc(CNS(=O)(=O)c2cc(Br)ccc2Br)c1N. The molecule has 2 rings (SSSR count). The second-order valence-electron chi connectivity index (χ2n) is 4.08. The number of halogens is 2. The largest absolute Gasteiger partial charge is 0.384 e. The minimum atomic E-state index is -3.64. The highest BCUT2D eigenvalue weighted by Gasteiger charge is 2.18. The quantitative estimate of drug-likeness (QED) is 0.786. The van der Waals surface area contributed by atoms with E-state index in [1.54, 1.807) is 19.2 Å². The van der Waals surface area contributed by atoms with E-state index in [4.69, 9.17) is 5.73 Å². The molecule has 0 spiro atoms. The first kappa shape index (κ1) is 15.5. The Kier molecular flexibility index (Phi) is 4.52. The minimum Gasteiger partial charge on any atom is -0.384 e. The second kappa shape index (κ2) is 5.84. The van der Waals surface area contributed by atoms with Crippen molar-refractivity contribution >= 4 is 47.7 Å². The molecule has 0 aliphatic heterocycles. The number of aromatic nitrogens is 2. The van der Waals surface area contributed by atoms with Gasteiger partial charge in [0.05, 0.1) is 11.1 Å². The molecular formula is C11H12Br2N4O2S. The maximum atomic E-state index is 12.3. The number of benzene rings is 1. The molecule has 0 radical (unpaired) electrons. The van der Waals surface area contributed by atoms with Crippen LogP contribution in [-0.2, 0) is 23.6 Å². The zero-order valence-electron chi connectivity index (χ0n) is 10.5. The predicted molar refractivity (Wildman–Crippen MR) is 83.5 cm³/mol. The fourth-order valence-electron chi connectivity index (χ4n) is 1.56. The van der Waals surface area contributed by atoms with E-state index in [1.165, 1.54) is 16.9 Å². The van der Waals surface area contributed by atoms with Gasteiger partial charge in [0.1, 0.15) is 5.82 Å². The average molecular weight is 424 g/mol. The van der Waals surface area contributed by atoms with Gasteiger partial charge in [-0.1, -0.05) is 15.9 Å². The van der Waals surface area contributed by atoms with Gasteiger partial charge in [-0.2, -0.15) is 5.10 Å². The van der Waals surface area contributed by atoms with E-state index < -0.39 is 10.0 Å². The van der Waals surface area contributed by atoms with E-state index >= 15 is 0 Å². The van der Waals surface area contributed by atoms with Crippen molar-refractivity contribution in [2.45, 2.75) is 11.4 Å². The first-order valence-corrected chi connectivity index (χ1v) is 8.59. The molecule has 0 aliphatic carbocycles. The topological polar surface area (TPSA) is 90.0 Å². The summed E-state index contributed by atoms with van der Waals surface area (Å²) < 4.78 is 29.7. The van der Waals surface area contributed by atoms with E-state index in [2.05, 4.69) is 41.7 Å². The Balaban J connectivity index is 2.24. The summed E-state index contributed by atoms with van der Waals surface area (Å²) in [6, 6.07) is 4.94. The highest BCUT2D eigenvalue weighted by atomic mass is 79.9. The summed E-state index contributed by atoms with van der Waals surface area (Å²) in [5.74, 6) is 0.431. The van der Waals surface area contributed by atoms with Crippen molar-refractivity contribution in [2.75, 3.05) is 5.73 Å². The lowest BCUT2D eigenvalue weighted by atomic mass is 10.3. The van der Waals surface area contributed by atoms with E-state index in [0.29, 0.717) is 20.3 Å². The average Bonchev–Trinajstić information content (AvgIpc) is 2.70. The lowest BCUT2D eigenvalue weighted by Crippen LogP contribution is -2.24. The lowest BCUT2D eigenvalue weighted by Gasteiger charge is -2.08. The molecule has 2 aromatic rings. The number of rotatable bonds is 4. The number of nitrogens with zero attached hydrogens (tertiary/aromatic N) is 2. The van der Waals surface area contributed by atoms with Crippen LogP contribution < -0.4 is 10.5 Å². The molecule has 1 aromatic carbocycles. The zero-order chi connectivity index (χ0) is 14.9. The van der Waals surface area contributed by atoms with E-state index in [0.717, 1.165) is 0 Å². The number of hydrogen-bond acceptors (Lipinski definition) is 4. The van der Waals surface area contributed by atoms with Crippen molar-refractivity contribution < 1.29 is 8.42 Å². The summed E-state index contributed by atoms with van der Waals surface area (Å²) in [6.45, 7) is 0.0843. The molecule has 6 nitrogen and oxygen atoms in total. The van der Waals surface area contributed by atoms with Gasteiger partial charge in [0, 0.05) is 28.1 Å². The number of nitrogens with one attached hydrogen (secondary N) is 1. The van der Waals surface area contributed by atoms with Gasteiger partial charge in [0.25, 0.3) is 0 Å². The summed E-state index contributed by atoms with van der Waals surface area (Å²) in [4.78, 5) is 0.161. The molecule has 0 fully saturated rings. The molecule has 0 saturated heterocycles. The fraction of sp³-hybridized carbons (Fsp3) is 0.182. The smallest absolute Gasteiger partial charge is 0.242 e. The third-order valence-corrected chi connectivity index (χ3v) is 5.59. The molecule has 0 bridgehead atoms. The van der Waals surface area contributed by atoms with Crippen LogP contribution in [0.5, 0.6) is 0 Å². The van der Waals surface area contributed by atoms with Crippen molar-refractivity contribution in [3.05, 3.63) is 38.9 Å². The molecule has 0 amide bonds. The molecule has 3 N–H and O–H groups in total. The van der Waals surface area contributed by atoms with E-state index in [1.807, 2.05) is 0 Å². The number of nitrogens with two attached hydrogens (primary N) is 1. The van der Waals surface area contributed by atoms with E-state index in [-0.39, 0.29) is 11.4 Å². The number of aryl methyl sites for hydroxylation is 1. The number of nitrogen functional groups attached to an aromatic ring is 1. The van der Waals surface area contributed by atoms with Crippen LogP contribution in [0.1, 0.15) is 5.56 Å². The third-order valence-electron chi connectivity index (χ3n) is 2.70. The molecule has 9 heteroatoms. The molecule has 108 valence electrons.